The molecule has 23 heavy (non-hydrogen) atoms. The minimum absolute atomic E-state index is 0.157. The maximum Gasteiger partial charge on any atom is 0.235 e. The molecule has 122 valence electrons. The van der Waals surface area contributed by atoms with E-state index in [2.05, 4.69) is 17.0 Å². The standard InChI is InChI=1S/C17H22N4OS/c1-13-8-10-20(11-9-13)16(22)14(2)23-17-18-12-21(19-17)15-6-4-3-5-7-15/h3-7,12-14H,8-11H2,1-2H3. The predicted molar refractivity (Wildman–Crippen MR) is 91.7 cm³/mol. The number of piperidine rings is 1. The maximum absolute atomic E-state index is 12.5. The highest BCUT2D eigenvalue weighted by atomic mass is 32.2. The minimum atomic E-state index is -0.157. The summed E-state index contributed by atoms with van der Waals surface area (Å²) >= 11 is 1.43. The highest BCUT2D eigenvalue weighted by Crippen LogP contribution is 2.24. The zero-order valence-electron chi connectivity index (χ0n) is 13.6. The van der Waals surface area contributed by atoms with Gasteiger partial charge in [0.1, 0.15) is 6.33 Å². The third kappa shape index (κ3) is 3.93. The van der Waals surface area contributed by atoms with Gasteiger partial charge in [0.15, 0.2) is 0 Å². The number of para-hydroxylation sites is 1. The molecular formula is C17H22N4OS. The number of hydrogen-bond donors (Lipinski definition) is 0. The molecule has 1 aliphatic rings. The van der Waals surface area contributed by atoms with Gasteiger partial charge < -0.3 is 4.90 Å². The summed E-state index contributed by atoms with van der Waals surface area (Å²) in [6.07, 6.45) is 3.89. The van der Waals surface area contributed by atoms with Gasteiger partial charge in [-0.05, 0) is 37.8 Å². The zero-order valence-corrected chi connectivity index (χ0v) is 14.4. The molecule has 1 unspecified atom stereocenters. The predicted octanol–water partition coefficient (Wildman–Crippen LogP) is 3.01. The first-order valence-electron chi connectivity index (χ1n) is 8.06. The van der Waals surface area contributed by atoms with Crippen molar-refractivity contribution in [2.75, 3.05) is 13.1 Å². The van der Waals surface area contributed by atoms with Crippen LogP contribution in [0.2, 0.25) is 0 Å². The lowest BCUT2D eigenvalue weighted by Gasteiger charge is -2.31. The number of carbonyl (C=O) groups is 1. The van der Waals surface area contributed by atoms with Crippen molar-refractivity contribution in [1.82, 2.24) is 19.7 Å². The van der Waals surface area contributed by atoms with Crippen molar-refractivity contribution in [3.05, 3.63) is 36.7 Å². The van der Waals surface area contributed by atoms with Gasteiger partial charge in [-0.1, -0.05) is 36.9 Å². The van der Waals surface area contributed by atoms with E-state index in [9.17, 15) is 4.79 Å². The first-order chi connectivity index (χ1) is 11.1. The van der Waals surface area contributed by atoms with Crippen LogP contribution >= 0.6 is 11.8 Å². The molecule has 1 aliphatic heterocycles. The molecule has 3 rings (SSSR count). The van der Waals surface area contributed by atoms with E-state index in [4.69, 9.17) is 0 Å². The number of amides is 1. The quantitative estimate of drug-likeness (QED) is 0.809. The Labute approximate surface area is 141 Å². The monoisotopic (exact) mass is 330 g/mol. The van der Waals surface area contributed by atoms with E-state index < -0.39 is 0 Å². The third-order valence-corrected chi connectivity index (χ3v) is 5.17. The second-order valence-electron chi connectivity index (χ2n) is 6.08. The fourth-order valence-corrected chi connectivity index (χ4v) is 3.51. The van der Waals surface area contributed by atoms with Gasteiger partial charge >= 0.3 is 0 Å². The number of rotatable bonds is 4. The van der Waals surface area contributed by atoms with E-state index in [1.165, 1.54) is 11.8 Å². The molecule has 1 atom stereocenters. The molecule has 0 radical (unpaired) electrons. The van der Waals surface area contributed by atoms with Crippen LogP contribution in [0.3, 0.4) is 0 Å². The summed E-state index contributed by atoms with van der Waals surface area (Å²) in [5.41, 5.74) is 0.968. The lowest BCUT2D eigenvalue weighted by atomic mass is 9.99. The molecule has 0 saturated carbocycles. The number of thioether (sulfide) groups is 1. The minimum Gasteiger partial charge on any atom is -0.342 e. The van der Waals surface area contributed by atoms with E-state index in [1.54, 1.807) is 11.0 Å². The van der Waals surface area contributed by atoms with E-state index in [1.807, 2.05) is 42.2 Å². The van der Waals surface area contributed by atoms with Crippen molar-refractivity contribution in [3.8, 4) is 5.69 Å². The number of benzene rings is 1. The van der Waals surface area contributed by atoms with Gasteiger partial charge in [0.05, 0.1) is 10.9 Å². The molecule has 1 saturated heterocycles. The van der Waals surface area contributed by atoms with E-state index in [0.29, 0.717) is 5.16 Å². The van der Waals surface area contributed by atoms with Gasteiger partial charge in [-0.2, -0.15) is 0 Å². The van der Waals surface area contributed by atoms with Crippen molar-refractivity contribution in [3.63, 3.8) is 0 Å². The SMILES string of the molecule is CC1CCN(C(=O)C(C)Sc2ncn(-c3ccccc3)n2)CC1. The fourth-order valence-electron chi connectivity index (χ4n) is 2.70. The Morgan fingerprint density at radius 1 is 1.26 bits per heavy atom. The Bertz CT molecular complexity index is 650. The number of carbonyl (C=O) groups excluding carboxylic acids is 1. The molecule has 2 heterocycles. The Hall–Kier alpha value is -1.82. The lowest BCUT2D eigenvalue weighted by molar-refractivity contribution is -0.131. The molecule has 2 aromatic rings. The first-order valence-corrected chi connectivity index (χ1v) is 8.94. The number of aromatic nitrogens is 3. The van der Waals surface area contributed by atoms with Crippen molar-refractivity contribution in [2.45, 2.75) is 37.1 Å². The third-order valence-electron chi connectivity index (χ3n) is 4.22. The van der Waals surface area contributed by atoms with Gasteiger partial charge in [0.25, 0.3) is 0 Å². The molecule has 1 aromatic carbocycles. The summed E-state index contributed by atoms with van der Waals surface area (Å²) < 4.78 is 1.74. The average molecular weight is 330 g/mol. The largest absolute Gasteiger partial charge is 0.342 e. The number of hydrogen-bond acceptors (Lipinski definition) is 4. The maximum atomic E-state index is 12.5. The average Bonchev–Trinajstić information content (AvgIpc) is 3.04. The fraction of sp³-hybridized carbons (Fsp3) is 0.471. The number of likely N-dealkylation sites (tertiary alicyclic amines) is 1. The van der Waals surface area contributed by atoms with Crippen LogP contribution in [0.25, 0.3) is 5.69 Å². The van der Waals surface area contributed by atoms with Crippen LogP contribution in [0.5, 0.6) is 0 Å². The van der Waals surface area contributed by atoms with Crippen LogP contribution in [0.4, 0.5) is 0 Å². The van der Waals surface area contributed by atoms with E-state index in [0.717, 1.165) is 37.5 Å². The molecule has 0 N–H and O–H groups in total. The summed E-state index contributed by atoms with van der Waals surface area (Å²) in [6, 6.07) is 9.86. The van der Waals surface area contributed by atoms with Gasteiger partial charge in [-0.15, -0.1) is 5.10 Å². The zero-order chi connectivity index (χ0) is 16.2. The number of nitrogens with zero attached hydrogens (tertiary/aromatic N) is 4. The molecule has 1 amide bonds. The van der Waals surface area contributed by atoms with Crippen molar-refractivity contribution in [2.24, 2.45) is 5.92 Å². The molecular weight excluding hydrogens is 308 g/mol. The molecule has 5 nitrogen and oxygen atoms in total. The van der Waals surface area contributed by atoms with Crippen molar-refractivity contribution >= 4 is 17.7 Å². The molecule has 1 fully saturated rings. The molecule has 6 heteroatoms. The highest BCUT2D eigenvalue weighted by molar-refractivity contribution is 8.00. The molecule has 0 aliphatic carbocycles. The normalized spacial score (nSPS) is 17.2. The summed E-state index contributed by atoms with van der Waals surface area (Å²) in [5, 5.41) is 4.94. The summed E-state index contributed by atoms with van der Waals surface area (Å²) in [6.45, 7) is 5.93. The summed E-state index contributed by atoms with van der Waals surface area (Å²) in [4.78, 5) is 18.8. The highest BCUT2D eigenvalue weighted by Gasteiger charge is 2.25. The second-order valence-corrected chi connectivity index (χ2v) is 7.38. The van der Waals surface area contributed by atoms with Gasteiger partial charge in [-0.25, -0.2) is 9.67 Å². The van der Waals surface area contributed by atoms with Gasteiger partial charge in [0, 0.05) is 13.1 Å². The van der Waals surface area contributed by atoms with Gasteiger partial charge in [0.2, 0.25) is 11.1 Å². The van der Waals surface area contributed by atoms with Crippen LogP contribution in [-0.4, -0.2) is 43.9 Å². The first kappa shape index (κ1) is 16.1. The van der Waals surface area contributed by atoms with Crippen LogP contribution in [0.1, 0.15) is 26.7 Å². The molecule has 0 bridgehead atoms. The van der Waals surface area contributed by atoms with Crippen LogP contribution in [-0.2, 0) is 4.79 Å². The van der Waals surface area contributed by atoms with E-state index >= 15 is 0 Å². The van der Waals surface area contributed by atoms with Crippen LogP contribution in [0.15, 0.2) is 41.8 Å². The smallest absolute Gasteiger partial charge is 0.235 e. The summed E-state index contributed by atoms with van der Waals surface area (Å²) in [5.74, 6) is 0.920. The second kappa shape index (κ2) is 7.17. The summed E-state index contributed by atoms with van der Waals surface area (Å²) in [7, 11) is 0. The topological polar surface area (TPSA) is 51.0 Å². The van der Waals surface area contributed by atoms with Crippen LogP contribution < -0.4 is 0 Å². The Morgan fingerprint density at radius 3 is 2.65 bits per heavy atom. The Balaban J connectivity index is 1.61. The lowest BCUT2D eigenvalue weighted by Crippen LogP contribution is -2.41. The molecule has 1 aromatic heterocycles. The van der Waals surface area contributed by atoms with Gasteiger partial charge in [-0.3, -0.25) is 4.79 Å². The Morgan fingerprint density at radius 2 is 1.96 bits per heavy atom. The van der Waals surface area contributed by atoms with E-state index in [-0.39, 0.29) is 11.2 Å². The Kier molecular flexibility index (Phi) is 5.00. The molecule has 0 spiro atoms. The van der Waals surface area contributed by atoms with Crippen molar-refractivity contribution < 1.29 is 4.79 Å². The van der Waals surface area contributed by atoms with Crippen molar-refractivity contribution in [1.29, 1.82) is 0 Å². The van der Waals surface area contributed by atoms with Crippen LogP contribution in [0, 0.1) is 5.92 Å².